The van der Waals surface area contributed by atoms with Crippen molar-refractivity contribution in [2.24, 2.45) is 0 Å². The number of aromatic nitrogens is 2. The van der Waals surface area contributed by atoms with Gasteiger partial charge in [0, 0.05) is 16.2 Å². The lowest BCUT2D eigenvalue weighted by atomic mass is 10.1. The fourth-order valence-corrected chi connectivity index (χ4v) is 2.57. The second kappa shape index (κ2) is 6.79. The topological polar surface area (TPSA) is 43.6 Å². The third-order valence-corrected chi connectivity index (χ3v) is 3.82. The summed E-state index contributed by atoms with van der Waals surface area (Å²) < 4.78 is 8.25. The monoisotopic (exact) mass is 370 g/mol. The van der Waals surface area contributed by atoms with Gasteiger partial charge in [-0.15, -0.1) is 0 Å². The number of hydrogen-bond donors (Lipinski definition) is 0. The van der Waals surface area contributed by atoms with Crippen LogP contribution in [-0.4, -0.2) is 21.8 Å². The van der Waals surface area contributed by atoms with Gasteiger partial charge in [-0.1, -0.05) is 0 Å². The van der Waals surface area contributed by atoms with Crippen molar-refractivity contribution in [2.75, 3.05) is 6.61 Å². The van der Waals surface area contributed by atoms with Crippen LogP contribution in [0.15, 0.2) is 59.3 Å². The number of ether oxygens (including phenoxy) is 1. The second-order valence-electron chi connectivity index (χ2n) is 4.91. The first-order chi connectivity index (χ1) is 11.2. The first-order valence-electron chi connectivity index (χ1n) is 7.25. The fourth-order valence-electron chi connectivity index (χ4n) is 2.24. The van der Waals surface area contributed by atoms with E-state index in [1.807, 2.05) is 29.7 Å². The summed E-state index contributed by atoms with van der Waals surface area (Å²) in [5.74, 6) is 0.706. The number of imidazole rings is 1. The zero-order chi connectivity index (χ0) is 16.2. The van der Waals surface area contributed by atoms with Gasteiger partial charge in [0.15, 0.2) is 5.78 Å². The van der Waals surface area contributed by atoms with Gasteiger partial charge in [-0.2, -0.15) is 0 Å². The molecule has 0 aliphatic heterocycles. The number of benzene rings is 1. The molecule has 1 aromatic carbocycles. The molecule has 0 N–H and O–H groups in total. The predicted molar refractivity (Wildman–Crippen MR) is 93.9 cm³/mol. The van der Waals surface area contributed by atoms with E-state index in [1.165, 1.54) is 0 Å². The Balaban J connectivity index is 1.80. The van der Waals surface area contributed by atoms with Crippen molar-refractivity contribution in [1.29, 1.82) is 0 Å². The van der Waals surface area contributed by atoms with Gasteiger partial charge in [-0.05, 0) is 71.4 Å². The molecule has 3 aromatic rings. The molecule has 23 heavy (non-hydrogen) atoms. The van der Waals surface area contributed by atoms with Crippen molar-refractivity contribution in [3.05, 3.63) is 70.6 Å². The Kier molecular flexibility index (Phi) is 4.57. The maximum absolute atomic E-state index is 12.2. The molecule has 0 bridgehead atoms. The van der Waals surface area contributed by atoms with E-state index in [1.54, 1.807) is 42.6 Å². The van der Waals surface area contributed by atoms with Crippen molar-refractivity contribution in [3.63, 3.8) is 0 Å². The normalized spacial score (nSPS) is 11.2. The van der Waals surface area contributed by atoms with E-state index in [0.717, 1.165) is 21.6 Å². The highest BCUT2D eigenvalue weighted by Crippen LogP contribution is 2.16. The minimum absolute atomic E-state index is 0.0574. The predicted octanol–water partition coefficient (Wildman–Crippen LogP) is 4.39. The molecule has 0 aliphatic rings. The first kappa shape index (κ1) is 15.5. The molecule has 0 atom stereocenters. The number of ketones is 1. The van der Waals surface area contributed by atoms with E-state index in [2.05, 4.69) is 20.9 Å². The Labute approximate surface area is 142 Å². The number of halogens is 1. The smallest absolute Gasteiger partial charge is 0.185 e. The molecule has 2 aromatic heterocycles. The molecule has 0 saturated heterocycles. The van der Waals surface area contributed by atoms with E-state index in [0.29, 0.717) is 12.2 Å². The second-order valence-corrected chi connectivity index (χ2v) is 5.83. The highest BCUT2D eigenvalue weighted by Gasteiger charge is 2.04. The van der Waals surface area contributed by atoms with Crippen molar-refractivity contribution in [3.8, 4) is 5.75 Å². The average Bonchev–Trinajstić information content (AvgIpc) is 2.96. The summed E-state index contributed by atoms with van der Waals surface area (Å²) in [5, 5.41) is 0. The lowest BCUT2D eigenvalue weighted by Gasteiger charge is -2.02. The van der Waals surface area contributed by atoms with Crippen molar-refractivity contribution >= 4 is 33.4 Å². The molecular weight excluding hydrogens is 356 g/mol. The highest BCUT2D eigenvalue weighted by molar-refractivity contribution is 9.10. The molecule has 5 heteroatoms. The zero-order valence-electron chi connectivity index (χ0n) is 12.6. The fraction of sp³-hybridized carbons (Fsp3) is 0.111. The van der Waals surface area contributed by atoms with Crippen LogP contribution in [0.25, 0.3) is 11.7 Å². The molecule has 3 rings (SSSR count). The minimum Gasteiger partial charge on any atom is -0.494 e. The third kappa shape index (κ3) is 3.51. The number of fused-ring (bicyclic) bond motifs is 1. The number of allylic oxidation sites excluding steroid dienone is 1. The Morgan fingerprint density at radius 2 is 2.04 bits per heavy atom. The molecule has 0 spiro atoms. The first-order valence-corrected chi connectivity index (χ1v) is 8.04. The van der Waals surface area contributed by atoms with Crippen molar-refractivity contribution in [1.82, 2.24) is 9.38 Å². The molecule has 0 radical (unpaired) electrons. The van der Waals surface area contributed by atoms with Gasteiger partial charge in [0.2, 0.25) is 0 Å². The molecule has 0 unspecified atom stereocenters. The van der Waals surface area contributed by atoms with Gasteiger partial charge in [0.1, 0.15) is 11.4 Å². The van der Waals surface area contributed by atoms with Gasteiger partial charge < -0.3 is 4.74 Å². The van der Waals surface area contributed by atoms with Crippen LogP contribution in [0.1, 0.15) is 23.0 Å². The van der Waals surface area contributed by atoms with E-state index in [-0.39, 0.29) is 5.78 Å². The lowest BCUT2D eigenvalue weighted by Crippen LogP contribution is -1.96. The quantitative estimate of drug-likeness (QED) is 0.494. The van der Waals surface area contributed by atoms with Crippen LogP contribution in [0.5, 0.6) is 5.75 Å². The van der Waals surface area contributed by atoms with Gasteiger partial charge in [0.25, 0.3) is 0 Å². The number of hydrogen-bond acceptors (Lipinski definition) is 3. The van der Waals surface area contributed by atoms with Crippen LogP contribution in [0.2, 0.25) is 0 Å². The van der Waals surface area contributed by atoms with Crippen LogP contribution < -0.4 is 4.74 Å². The lowest BCUT2D eigenvalue weighted by molar-refractivity contribution is 0.104. The van der Waals surface area contributed by atoms with E-state index >= 15 is 0 Å². The Morgan fingerprint density at radius 1 is 1.26 bits per heavy atom. The summed E-state index contributed by atoms with van der Waals surface area (Å²) >= 11 is 3.44. The van der Waals surface area contributed by atoms with E-state index in [9.17, 15) is 4.79 Å². The molecular formula is C18H15BrN2O2. The molecule has 0 aliphatic carbocycles. The summed E-state index contributed by atoms with van der Waals surface area (Å²) in [6.07, 6.45) is 6.98. The third-order valence-electron chi connectivity index (χ3n) is 3.35. The van der Waals surface area contributed by atoms with Crippen LogP contribution >= 0.6 is 15.9 Å². The minimum atomic E-state index is -0.0574. The van der Waals surface area contributed by atoms with Gasteiger partial charge in [-0.3, -0.25) is 9.20 Å². The van der Waals surface area contributed by atoms with Crippen molar-refractivity contribution in [2.45, 2.75) is 6.92 Å². The largest absolute Gasteiger partial charge is 0.494 e. The molecule has 116 valence electrons. The molecule has 2 heterocycles. The molecule has 0 amide bonds. The van der Waals surface area contributed by atoms with Gasteiger partial charge in [-0.25, -0.2) is 4.98 Å². The summed E-state index contributed by atoms with van der Waals surface area (Å²) in [6, 6.07) is 11.0. The van der Waals surface area contributed by atoms with Crippen LogP contribution in [-0.2, 0) is 0 Å². The summed E-state index contributed by atoms with van der Waals surface area (Å²) in [5.41, 5.74) is 2.31. The summed E-state index contributed by atoms with van der Waals surface area (Å²) in [6.45, 7) is 2.53. The Bertz CT molecular complexity index is 866. The van der Waals surface area contributed by atoms with Crippen LogP contribution in [0.3, 0.4) is 0 Å². The standard InChI is InChI=1S/C18H15BrN2O2/c1-2-23-16-7-3-13(4-8-16)17(22)9-6-15-11-20-18-10-5-14(19)12-21(15)18/h3-12H,2H2,1H3. The van der Waals surface area contributed by atoms with E-state index in [4.69, 9.17) is 4.74 Å². The maximum Gasteiger partial charge on any atom is 0.185 e. The average molecular weight is 371 g/mol. The molecule has 4 nitrogen and oxygen atoms in total. The molecule has 0 fully saturated rings. The number of nitrogens with zero attached hydrogens (tertiary/aromatic N) is 2. The van der Waals surface area contributed by atoms with Gasteiger partial charge in [0.05, 0.1) is 18.5 Å². The number of pyridine rings is 1. The Hall–Kier alpha value is -2.40. The van der Waals surface area contributed by atoms with Gasteiger partial charge >= 0.3 is 0 Å². The zero-order valence-corrected chi connectivity index (χ0v) is 14.2. The SMILES string of the molecule is CCOc1ccc(C(=O)C=Cc2cnc3ccc(Br)cn23)cc1. The van der Waals surface area contributed by atoms with Crippen molar-refractivity contribution < 1.29 is 9.53 Å². The van der Waals surface area contributed by atoms with E-state index < -0.39 is 0 Å². The van der Waals surface area contributed by atoms with Crippen LogP contribution in [0.4, 0.5) is 0 Å². The Morgan fingerprint density at radius 3 is 2.78 bits per heavy atom. The molecule has 0 saturated carbocycles. The number of carbonyl (C=O) groups excluding carboxylic acids is 1. The van der Waals surface area contributed by atoms with Crippen LogP contribution in [0, 0.1) is 0 Å². The summed E-state index contributed by atoms with van der Waals surface area (Å²) in [7, 11) is 0. The summed E-state index contributed by atoms with van der Waals surface area (Å²) in [4.78, 5) is 16.6. The highest BCUT2D eigenvalue weighted by atomic mass is 79.9. The number of carbonyl (C=O) groups is 1. The number of rotatable bonds is 5. The maximum atomic E-state index is 12.2.